The van der Waals surface area contributed by atoms with Gasteiger partial charge in [-0.2, -0.15) is 0 Å². The van der Waals surface area contributed by atoms with Crippen molar-refractivity contribution in [1.29, 1.82) is 0 Å². The van der Waals surface area contributed by atoms with Crippen LogP contribution in [-0.4, -0.2) is 6.61 Å². The van der Waals surface area contributed by atoms with Gasteiger partial charge in [0.1, 0.15) is 5.75 Å². The summed E-state index contributed by atoms with van der Waals surface area (Å²) in [6.07, 6.45) is 1.13. The predicted molar refractivity (Wildman–Crippen MR) is 61.3 cm³/mol. The third-order valence-corrected chi connectivity index (χ3v) is 2.75. The van der Waals surface area contributed by atoms with E-state index in [2.05, 4.69) is 19.9 Å². The summed E-state index contributed by atoms with van der Waals surface area (Å²) in [7, 11) is 0. The smallest absolute Gasteiger partial charge is 0.138 e. The minimum Gasteiger partial charge on any atom is -0.492 e. The molecule has 0 heterocycles. The summed E-state index contributed by atoms with van der Waals surface area (Å²) in [5.74, 6) is 1.36. The fourth-order valence-electron chi connectivity index (χ4n) is 1.33. The Bertz CT molecular complexity index is 296. The fourth-order valence-corrected chi connectivity index (χ4v) is 1.50. The van der Waals surface area contributed by atoms with E-state index in [9.17, 15) is 0 Å². The molecule has 1 rings (SSSR count). The molecule has 78 valence electrons. The van der Waals surface area contributed by atoms with Gasteiger partial charge in [-0.15, -0.1) is 0 Å². The number of halogens is 1. The lowest BCUT2D eigenvalue weighted by Crippen LogP contribution is -1.96. The highest BCUT2D eigenvalue weighted by Gasteiger charge is 2.07. The SMILES string of the molecule is CCOc1cc(C(C)CC)ccc1Cl. The van der Waals surface area contributed by atoms with Gasteiger partial charge in [-0.1, -0.05) is 31.5 Å². The van der Waals surface area contributed by atoms with Crippen LogP contribution in [0.4, 0.5) is 0 Å². The first kappa shape index (κ1) is 11.4. The second kappa shape index (κ2) is 5.26. The van der Waals surface area contributed by atoms with Crippen molar-refractivity contribution in [1.82, 2.24) is 0 Å². The monoisotopic (exact) mass is 212 g/mol. The summed E-state index contributed by atoms with van der Waals surface area (Å²) >= 11 is 6.00. The van der Waals surface area contributed by atoms with E-state index >= 15 is 0 Å². The van der Waals surface area contributed by atoms with Crippen LogP contribution in [0.3, 0.4) is 0 Å². The van der Waals surface area contributed by atoms with Gasteiger partial charge in [-0.3, -0.25) is 0 Å². The van der Waals surface area contributed by atoms with Crippen molar-refractivity contribution in [2.75, 3.05) is 6.61 Å². The van der Waals surface area contributed by atoms with E-state index in [1.54, 1.807) is 0 Å². The van der Waals surface area contributed by atoms with Crippen molar-refractivity contribution < 1.29 is 4.74 Å². The molecule has 0 N–H and O–H groups in total. The van der Waals surface area contributed by atoms with Gasteiger partial charge in [0.15, 0.2) is 0 Å². The standard InChI is InChI=1S/C12H17ClO/c1-4-9(3)10-6-7-11(13)12(8-10)14-5-2/h6-9H,4-5H2,1-3H3. The van der Waals surface area contributed by atoms with E-state index in [0.717, 1.165) is 12.2 Å². The highest BCUT2D eigenvalue weighted by Crippen LogP contribution is 2.29. The van der Waals surface area contributed by atoms with Crippen molar-refractivity contribution in [2.24, 2.45) is 0 Å². The molecule has 2 heteroatoms. The van der Waals surface area contributed by atoms with E-state index in [4.69, 9.17) is 16.3 Å². The molecule has 0 aliphatic carbocycles. The maximum Gasteiger partial charge on any atom is 0.138 e. The highest BCUT2D eigenvalue weighted by molar-refractivity contribution is 6.32. The normalized spacial score (nSPS) is 12.6. The van der Waals surface area contributed by atoms with Crippen molar-refractivity contribution in [2.45, 2.75) is 33.1 Å². The summed E-state index contributed by atoms with van der Waals surface area (Å²) in [4.78, 5) is 0. The maximum atomic E-state index is 6.00. The second-order valence-electron chi connectivity index (χ2n) is 3.43. The van der Waals surface area contributed by atoms with Crippen molar-refractivity contribution in [3.8, 4) is 5.75 Å². The lowest BCUT2D eigenvalue weighted by molar-refractivity contribution is 0.340. The summed E-state index contributed by atoms with van der Waals surface area (Å²) in [5, 5.41) is 0.693. The summed E-state index contributed by atoms with van der Waals surface area (Å²) in [6.45, 7) is 7.01. The number of benzene rings is 1. The zero-order valence-electron chi connectivity index (χ0n) is 9.01. The molecule has 0 aliphatic heterocycles. The Morgan fingerprint density at radius 3 is 2.64 bits per heavy atom. The Labute approximate surface area is 91.0 Å². The van der Waals surface area contributed by atoms with Crippen LogP contribution in [0.2, 0.25) is 5.02 Å². The van der Waals surface area contributed by atoms with Gasteiger partial charge < -0.3 is 4.74 Å². The van der Waals surface area contributed by atoms with Crippen LogP contribution in [0.5, 0.6) is 5.75 Å². The van der Waals surface area contributed by atoms with Crippen molar-refractivity contribution >= 4 is 11.6 Å². The van der Waals surface area contributed by atoms with Gasteiger partial charge in [0.2, 0.25) is 0 Å². The third-order valence-electron chi connectivity index (χ3n) is 2.44. The molecule has 0 saturated carbocycles. The lowest BCUT2D eigenvalue weighted by Gasteiger charge is -2.12. The molecule has 0 saturated heterocycles. The molecule has 14 heavy (non-hydrogen) atoms. The molecule has 0 amide bonds. The molecule has 1 aromatic carbocycles. The molecule has 0 fully saturated rings. The molecule has 1 unspecified atom stereocenters. The zero-order chi connectivity index (χ0) is 10.6. The van der Waals surface area contributed by atoms with E-state index in [0.29, 0.717) is 17.5 Å². The van der Waals surface area contributed by atoms with E-state index in [-0.39, 0.29) is 0 Å². The van der Waals surface area contributed by atoms with E-state index in [1.807, 2.05) is 19.1 Å². The average Bonchev–Trinajstić information content (AvgIpc) is 2.20. The quantitative estimate of drug-likeness (QED) is 0.725. The fraction of sp³-hybridized carbons (Fsp3) is 0.500. The maximum absolute atomic E-state index is 6.00. The molecule has 1 aromatic rings. The summed E-state index contributed by atoms with van der Waals surface area (Å²) in [6, 6.07) is 6.02. The Kier molecular flexibility index (Phi) is 4.27. The molecule has 1 atom stereocenters. The molecule has 0 spiro atoms. The number of rotatable bonds is 4. The first-order valence-corrected chi connectivity index (χ1v) is 5.49. The number of hydrogen-bond acceptors (Lipinski definition) is 1. The Hall–Kier alpha value is -0.690. The van der Waals surface area contributed by atoms with Crippen LogP contribution in [0.1, 0.15) is 38.7 Å². The van der Waals surface area contributed by atoms with Crippen LogP contribution in [0.15, 0.2) is 18.2 Å². The van der Waals surface area contributed by atoms with Gasteiger partial charge in [0.05, 0.1) is 11.6 Å². The van der Waals surface area contributed by atoms with Crippen LogP contribution >= 0.6 is 11.6 Å². The van der Waals surface area contributed by atoms with Crippen molar-refractivity contribution in [3.63, 3.8) is 0 Å². The third kappa shape index (κ3) is 2.65. The first-order valence-electron chi connectivity index (χ1n) is 5.11. The summed E-state index contributed by atoms with van der Waals surface area (Å²) in [5.41, 5.74) is 1.29. The molecule has 0 bridgehead atoms. The first-order chi connectivity index (χ1) is 6.69. The Balaban J connectivity index is 2.93. The predicted octanol–water partition coefficient (Wildman–Crippen LogP) is 4.25. The molecule has 1 nitrogen and oxygen atoms in total. The minimum absolute atomic E-state index is 0.562. The highest BCUT2D eigenvalue weighted by atomic mass is 35.5. The molecule has 0 radical (unpaired) electrons. The molecular weight excluding hydrogens is 196 g/mol. The lowest BCUT2D eigenvalue weighted by atomic mass is 9.99. The zero-order valence-corrected chi connectivity index (χ0v) is 9.77. The number of ether oxygens (including phenoxy) is 1. The van der Waals surface area contributed by atoms with Gasteiger partial charge in [0.25, 0.3) is 0 Å². The van der Waals surface area contributed by atoms with Crippen molar-refractivity contribution in [3.05, 3.63) is 28.8 Å². The van der Waals surface area contributed by atoms with Gasteiger partial charge >= 0.3 is 0 Å². The van der Waals surface area contributed by atoms with Gasteiger partial charge in [-0.25, -0.2) is 0 Å². The molecule has 0 aliphatic rings. The van der Waals surface area contributed by atoms with Gasteiger partial charge in [-0.05, 0) is 37.0 Å². The molecule has 0 aromatic heterocycles. The van der Waals surface area contributed by atoms with Crippen LogP contribution in [0, 0.1) is 0 Å². The van der Waals surface area contributed by atoms with E-state index < -0.39 is 0 Å². The van der Waals surface area contributed by atoms with Gasteiger partial charge in [0, 0.05) is 0 Å². The van der Waals surface area contributed by atoms with E-state index in [1.165, 1.54) is 5.56 Å². The van der Waals surface area contributed by atoms with Crippen LogP contribution in [0.25, 0.3) is 0 Å². The Morgan fingerprint density at radius 1 is 1.36 bits per heavy atom. The Morgan fingerprint density at radius 2 is 2.07 bits per heavy atom. The number of hydrogen-bond donors (Lipinski definition) is 0. The summed E-state index contributed by atoms with van der Waals surface area (Å²) < 4.78 is 5.44. The minimum atomic E-state index is 0.562. The largest absolute Gasteiger partial charge is 0.492 e. The van der Waals surface area contributed by atoms with Crippen LogP contribution < -0.4 is 4.74 Å². The average molecular weight is 213 g/mol. The van der Waals surface area contributed by atoms with Crippen LogP contribution in [-0.2, 0) is 0 Å². The second-order valence-corrected chi connectivity index (χ2v) is 3.84. The molecular formula is C12H17ClO. The topological polar surface area (TPSA) is 9.23 Å².